The Bertz CT molecular complexity index is 10200. The van der Waals surface area contributed by atoms with Crippen LogP contribution in [0.15, 0.2) is 393 Å². The third-order valence-corrected chi connectivity index (χ3v) is 30.8. The lowest BCUT2D eigenvalue weighted by Gasteiger charge is -2.23. The summed E-state index contributed by atoms with van der Waals surface area (Å²) in [6.07, 6.45) is 9.53. The van der Waals surface area contributed by atoms with Crippen LogP contribution in [0, 0.1) is 13.8 Å². The summed E-state index contributed by atoms with van der Waals surface area (Å²) in [5.41, 5.74) is 64.2. The number of anilines is 3. The molecule has 9 aromatic heterocycles. The second kappa shape index (κ2) is 29.0. The fourth-order valence-electron chi connectivity index (χ4n) is 24.6. The van der Waals surface area contributed by atoms with Crippen molar-refractivity contribution in [3.63, 3.8) is 0 Å². The maximum Gasteiger partial charge on any atom is 0.159 e. The number of hydrogen-bond acceptors (Lipinski definition) is 4. The maximum atomic E-state index is 7.91. The Balaban J connectivity index is 0.583. The fraction of sp³-hybridized carbons (Fsp3) is 0.0551. The minimum atomic E-state index is -0.208. The number of aryl methyl sites for hydroxylation is 2. The second-order valence-electron chi connectivity index (χ2n) is 38.4. The van der Waals surface area contributed by atoms with Gasteiger partial charge in [-0.25, -0.2) is 0 Å². The first-order valence-electron chi connectivity index (χ1n) is 48.0. The first-order chi connectivity index (χ1) is 68.3. The van der Waals surface area contributed by atoms with Crippen LogP contribution in [0.2, 0.25) is 0 Å². The van der Waals surface area contributed by atoms with E-state index in [2.05, 4.69) is 459 Å². The second-order valence-corrected chi connectivity index (χ2v) is 38.4. The number of allylic oxidation sites excluding steroid dienone is 2. The lowest BCUT2D eigenvalue weighted by Crippen LogP contribution is -2.15. The van der Waals surface area contributed by atoms with Gasteiger partial charge < -0.3 is 58.2 Å². The van der Waals surface area contributed by atoms with Crippen LogP contribution in [0.5, 0.6) is 0 Å². The largest absolute Gasteiger partial charge is 0.454 e. The van der Waals surface area contributed by atoms with E-state index in [1.54, 1.807) is 0 Å². The summed E-state index contributed by atoms with van der Waals surface area (Å²) < 4.78 is 27.1. The minimum absolute atomic E-state index is 0.208. The molecule has 658 valence electrons. The molecule has 2 aliphatic rings. The van der Waals surface area contributed by atoms with E-state index in [0.29, 0.717) is 11.4 Å². The standard InChI is InChI=1S/C127H89N11O/c1-6-26-76-48-52-85(71-104(76)128)131-108-43-21-14-35-97(108)116-113(131)66-63-93-90-33-12-19-41-106(90)133(121(93)116)81-53-55-82(56-54-81)134-107-42-20-13-34-91(107)94-61-62-95-101-69-79(50-65-112(101)136(123(95)122(94)134)83-51-47-75-27-24-28-77(75)67-83)78-49-64-111-100(68-78)74(3)120(132(111)80-29-8-7-9-30-80)125-118(130)99-37-16-23-45-110(99)138(125)114-46-25-38-96-92-60-58-86(72-115(92)139-126(96)114)137-109-44-22-15-36-98(109)117(129)124(137)119-73(2)87-31-11-18-40-105(87)135(119)84-57-59-89-88-32-10-17-39-102(88)127(4,5)103(89)70-84/h6-27,29-72H,28,128-130H2,1-5H3/b26-6-. The number of nitrogens with zero attached hydrogens (tertiary/aromatic N) is 8. The van der Waals surface area contributed by atoms with Crippen LogP contribution in [-0.4, -0.2) is 36.5 Å². The van der Waals surface area contributed by atoms with Gasteiger partial charge in [0.2, 0.25) is 0 Å². The number of nitrogen functional groups attached to an aromatic ring is 3. The first kappa shape index (κ1) is 78.5. The van der Waals surface area contributed by atoms with Gasteiger partial charge in [-0.2, -0.15) is 0 Å². The first-order valence-corrected chi connectivity index (χ1v) is 48.0. The zero-order chi connectivity index (χ0) is 92.4. The van der Waals surface area contributed by atoms with E-state index in [-0.39, 0.29) is 5.41 Å². The highest BCUT2D eigenvalue weighted by molar-refractivity contribution is 6.28. The normalized spacial score (nSPS) is 13.1. The van der Waals surface area contributed by atoms with Gasteiger partial charge in [-0.05, 0) is 246 Å². The van der Waals surface area contributed by atoms with Gasteiger partial charge >= 0.3 is 0 Å². The van der Waals surface area contributed by atoms with Crippen LogP contribution in [0.25, 0.3) is 255 Å². The fourth-order valence-corrected chi connectivity index (χ4v) is 24.6. The van der Waals surface area contributed by atoms with Gasteiger partial charge in [-0.15, -0.1) is 0 Å². The Morgan fingerprint density at radius 2 is 0.755 bits per heavy atom. The number of hydrogen-bond donors (Lipinski definition) is 3. The van der Waals surface area contributed by atoms with Gasteiger partial charge in [0.05, 0.1) is 112 Å². The molecule has 139 heavy (non-hydrogen) atoms. The predicted molar refractivity (Wildman–Crippen MR) is 582 cm³/mol. The third-order valence-electron chi connectivity index (χ3n) is 30.8. The molecule has 0 aliphatic heterocycles. The van der Waals surface area contributed by atoms with Crippen molar-refractivity contribution < 1.29 is 4.42 Å². The lowest BCUT2D eigenvalue weighted by molar-refractivity contribution is 0.660. The number of fused-ring (bicyclic) bond motifs is 25. The average molecular weight is 1790 g/mol. The van der Waals surface area contributed by atoms with Crippen molar-refractivity contribution in [2.45, 2.75) is 46.5 Å². The number of para-hydroxylation sites is 8. The highest BCUT2D eigenvalue weighted by Crippen LogP contribution is 2.55. The molecule has 2 aliphatic carbocycles. The number of nitrogens with two attached hydrogens (primary N) is 3. The van der Waals surface area contributed by atoms with Gasteiger partial charge in [0.1, 0.15) is 5.58 Å². The van der Waals surface area contributed by atoms with Gasteiger partial charge in [0, 0.05) is 127 Å². The van der Waals surface area contributed by atoms with Crippen LogP contribution in [0.4, 0.5) is 17.1 Å². The monoisotopic (exact) mass is 1780 g/mol. The van der Waals surface area contributed by atoms with Gasteiger partial charge in [0.15, 0.2) is 5.58 Å². The summed E-state index contributed by atoms with van der Waals surface area (Å²) in [4.78, 5) is 0. The Morgan fingerprint density at radius 1 is 0.302 bits per heavy atom. The summed E-state index contributed by atoms with van der Waals surface area (Å²) in [5, 5.41) is 15.6. The topological polar surface area (TPSA) is 131 Å². The summed E-state index contributed by atoms with van der Waals surface area (Å²) in [6, 6.07) is 139. The highest BCUT2D eigenvalue weighted by atomic mass is 16.3. The van der Waals surface area contributed by atoms with Crippen molar-refractivity contribution in [1.29, 1.82) is 0 Å². The van der Waals surface area contributed by atoms with Gasteiger partial charge in [-0.1, -0.05) is 250 Å². The molecule has 9 heterocycles. The van der Waals surface area contributed by atoms with E-state index in [1.807, 2.05) is 13.0 Å². The minimum Gasteiger partial charge on any atom is -0.454 e. The molecular formula is C127H89N11O. The van der Waals surface area contributed by atoms with Crippen molar-refractivity contribution in [1.82, 2.24) is 36.5 Å². The van der Waals surface area contributed by atoms with Crippen molar-refractivity contribution in [2.24, 2.45) is 0 Å². The number of aromatic nitrogens is 8. The molecule has 0 unspecified atom stereocenters. The lowest BCUT2D eigenvalue weighted by atomic mass is 9.82. The maximum absolute atomic E-state index is 7.91. The zero-order valence-electron chi connectivity index (χ0n) is 77.0. The molecule has 0 bridgehead atoms. The molecule has 12 nitrogen and oxygen atoms in total. The number of benzene rings is 18. The molecule has 0 amide bonds. The molecule has 0 atom stereocenters. The van der Waals surface area contributed by atoms with Crippen LogP contribution in [0.1, 0.15) is 59.7 Å². The number of rotatable bonds is 12. The summed E-state index contributed by atoms with van der Waals surface area (Å²) >= 11 is 0. The van der Waals surface area contributed by atoms with E-state index in [4.69, 9.17) is 21.6 Å². The van der Waals surface area contributed by atoms with Crippen molar-refractivity contribution in [2.75, 3.05) is 17.2 Å². The van der Waals surface area contributed by atoms with E-state index in [9.17, 15) is 0 Å². The Labute approximate surface area is 798 Å². The van der Waals surface area contributed by atoms with Crippen LogP contribution >= 0.6 is 0 Å². The molecule has 18 aromatic carbocycles. The third kappa shape index (κ3) is 10.9. The Kier molecular flexibility index (Phi) is 16.4. The van der Waals surface area contributed by atoms with Gasteiger partial charge in [-0.3, -0.25) is 0 Å². The van der Waals surface area contributed by atoms with Crippen LogP contribution in [-0.2, 0) is 11.8 Å². The van der Waals surface area contributed by atoms with Gasteiger partial charge in [0.25, 0.3) is 0 Å². The predicted octanol–water partition coefficient (Wildman–Crippen LogP) is 32.0. The molecule has 12 heteroatoms. The summed E-state index contributed by atoms with van der Waals surface area (Å²) in [7, 11) is 0. The number of furan rings is 1. The molecule has 0 spiro atoms. The molecule has 29 rings (SSSR count). The molecule has 27 aromatic rings. The summed E-state index contributed by atoms with van der Waals surface area (Å²) in [6.45, 7) is 11.3. The van der Waals surface area contributed by atoms with Crippen LogP contribution < -0.4 is 17.2 Å². The Morgan fingerprint density at radius 3 is 1.45 bits per heavy atom. The molecule has 6 N–H and O–H groups in total. The van der Waals surface area contributed by atoms with Crippen molar-refractivity contribution in [3.8, 4) is 90.5 Å². The SMILES string of the molecule is C/C=C\c1ccc(-n2c3ccccc3c3c2ccc2c4ccccc4n(-c4ccc(-n5c6ccccc6c6ccc7c8cc(-c9ccc%10c(c9)c(C)c(-c9c(N)c%11ccccc%11n9-c9cccc%11c9oc9cc(-n%12c(-c%13c(C)c%14ccccc%14n%13-c%13ccc%14c(c%13)C(C)(C)c%13ccccc%13-%14)c(N)c%13ccccc%13%12)ccc9%11)n%10-c9ccccc9)ccc8n(-c8ccc9c(c8)CC=C9)c7c65)cc4)c23)cc1N. The average Bonchev–Trinajstić information content (AvgIpc) is 1.46. The zero-order valence-corrected chi connectivity index (χ0v) is 77.0. The quantitative estimate of drug-likeness (QED) is 0.105. The van der Waals surface area contributed by atoms with E-state index in [0.717, 1.165) is 229 Å². The smallest absolute Gasteiger partial charge is 0.159 e. The molecule has 0 saturated heterocycles. The highest BCUT2D eigenvalue weighted by Gasteiger charge is 2.38. The van der Waals surface area contributed by atoms with E-state index < -0.39 is 0 Å². The van der Waals surface area contributed by atoms with E-state index >= 15 is 0 Å². The molecule has 0 radical (unpaired) electrons. The van der Waals surface area contributed by atoms with Crippen molar-refractivity contribution >= 4 is 182 Å². The van der Waals surface area contributed by atoms with E-state index in [1.165, 1.54) is 65.7 Å². The molecule has 0 fully saturated rings. The summed E-state index contributed by atoms with van der Waals surface area (Å²) in [5.74, 6) is 0. The van der Waals surface area contributed by atoms with Crippen LogP contribution in [0.3, 0.4) is 0 Å². The molecular weight excluding hydrogens is 1700 g/mol. The Hall–Kier alpha value is -18.0. The van der Waals surface area contributed by atoms with Crippen molar-refractivity contribution in [3.05, 3.63) is 427 Å². The molecule has 0 saturated carbocycles.